The van der Waals surface area contributed by atoms with Gasteiger partial charge in [0, 0.05) is 6.42 Å². The number of hydrogen-bond acceptors (Lipinski definition) is 4. The first-order valence-electron chi connectivity index (χ1n) is 6.86. The summed E-state index contributed by atoms with van der Waals surface area (Å²) in [5.74, 6) is 0.781. The fourth-order valence-corrected chi connectivity index (χ4v) is 2.80. The van der Waals surface area contributed by atoms with Crippen LogP contribution in [0.2, 0.25) is 0 Å². The molecule has 2 aromatic rings. The van der Waals surface area contributed by atoms with E-state index in [0.29, 0.717) is 23.1 Å². The average Bonchev–Trinajstić information content (AvgIpc) is 3.09. The molecule has 0 aliphatic carbocycles. The second kappa shape index (κ2) is 4.44. The monoisotopic (exact) mass is 271 g/mol. The molecule has 0 amide bonds. The van der Waals surface area contributed by atoms with E-state index in [0.717, 1.165) is 0 Å². The number of hydrogen-bond donors (Lipinski definition) is 0. The number of nitrogens with zero attached hydrogens (tertiary/aromatic N) is 3. The predicted molar refractivity (Wildman–Crippen MR) is 77.5 cm³/mol. The summed E-state index contributed by atoms with van der Waals surface area (Å²) in [7, 11) is 0. The lowest BCUT2D eigenvalue weighted by atomic mass is 10.2. The van der Waals surface area contributed by atoms with Crippen molar-refractivity contribution < 1.29 is 4.79 Å². The standard InChI is InChI=1S/C15H17N3O2/c1-4-13-16-12-8-6-5-7-11(12)15(20)18(13)17-9(2)14(17)10(3)19/h5-9,14H,4H2,1-3H3/t9-,14-,17?/m0/s1. The number of Topliss-reactive ketones (excluding diaryl/α,β-unsaturated/α-hetero) is 1. The van der Waals surface area contributed by atoms with Crippen molar-refractivity contribution in [1.82, 2.24) is 9.66 Å². The zero-order chi connectivity index (χ0) is 14.4. The Morgan fingerprint density at radius 2 is 2.05 bits per heavy atom. The average molecular weight is 271 g/mol. The van der Waals surface area contributed by atoms with Crippen molar-refractivity contribution in [1.29, 1.82) is 0 Å². The number of benzene rings is 1. The highest BCUT2D eigenvalue weighted by Crippen LogP contribution is 2.26. The minimum absolute atomic E-state index is 0.0541. The first-order chi connectivity index (χ1) is 9.56. The maximum atomic E-state index is 12.7. The molecule has 0 radical (unpaired) electrons. The van der Waals surface area contributed by atoms with Crippen LogP contribution in [-0.4, -0.2) is 27.5 Å². The molecule has 0 bridgehead atoms. The van der Waals surface area contributed by atoms with Crippen molar-refractivity contribution >= 4 is 16.7 Å². The Morgan fingerprint density at radius 3 is 2.65 bits per heavy atom. The van der Waals surface area contributed by atoms with E-state index in [1.807, 2.05) is 37.1 Å². The van der Waals surface area contributed by atoms with Gasteiger partial charge in [0.05, 0.1) is 16.9 Å². The van der Waals surface area contributed by atoms with Crippen molar-refractivity contribution in [2.45, 2.75) is 39.3 Å². The quantitative estimate of drug-likeness (QED) is 0.789. The van der Waals surface area contributed by atoms with Gasteiger partial charge in [-0.25, -0.2) is 9.66 Å². The van der Waals surface area contributed by atoms with Gasteiger partial charge in [0.2, 0.25) is 0 Å². The van der Waals surface area contributed by atoms with E-state index in [-0.39, 0.29) is 23.4 Å². The molecule has 20 heavy (non-hydrogen) atoms. The molecule has 5 nitrogen and oxygen atoms in total. The van der Waals surface area contributed by atoms with Crippen LogP contribution in [0.4, 0.5) is 0 Å². The first kappa shape index (κ1) is 12.8. The summed E-state index contributed by atoms with van der Waals surface area (Å²) in [5.41, 5.74) is 0.613. The molecular weight excluding hydrogens is 254 g/mol. The highest BCUT2D eigenvalue weighted by molar-refractivity contribution is 5.89. The summed E-state index contributed by atoms with van der Waals surface area (Å²) in [6.45, 7) is 5.48. The molecule has 1 aromatic carbocycles. The van der Waals surface area contributed by atoms with Crippen molar-refractivity contribution in [3.8, 4) is 0 Å². The molecule has 0 saturated carbocycles. The number of para-hydroxylation sites is 1. The first-order valence-corrected chi connectivity index (χ1v) is 6.86. The summed E-state index contributed by atoms with van der Waals surface area (Å²) in [4.78, 5) is 28.8. The smallest absolute Gasteiger partial charge is 0.280 e. The van der Waals surface area contributed by atoms with Crippen LogP contribution in [0, 0.1) is 0 Å². The van der Waals surface area contributed by atoms with Crippen LogP contribution in [-0.2, 0) is 11.2 Å². The Hall–Kier alpha value is -2.17. The maximum absolute atomic E-state index is 12.7. The number of rotatable bonds is 3. The molecule has 5 heteroatoms. The Labute approximate surface area is 116 Å². The van der Waals surface area contributed by atoms with Crippen LogP contribution < -0.4 is 10.6 Å². The van der Waals surface area contributed by atoms with Gasteiger partial charge in [-0.05, 0) is 26.0 Å². The fourth-order valence-electron chi connectivity index (χ4n) is 2.80. The Bertz CT molecular complexity index is 750. The summed E-state index contributed by atoms with van der Waals surface area (Å²) >= 11 is 0. The minimum Gasteiger partial charge on any atom is -0.298 e. The fraction of sp³-hybridized carbons (Fsp3) is 0.400. The zero-order valence-electron chi connectivity index (χ0n) is 11.8. The van der Waals surface area contributed by atoms with Crippen molar-refractivity contribution in [3.05, 3.63) is 40.4 Å². The van der Waals surface area contributed by atoms with Gasteiger partial charge in [0.1, 0.15) is 11.9 Å². The lowest BCUT2D eigenvalue weighted by Crippen LogP contribution is -2.35. The molecule has 1 fully saturated rings. The van der Waals surface area contributed by atoms with Crippen LogP contribution >= 0.6 is 0 Å². The molecule has 2 heterocycles. The molecular formula is C15H17N3O2. The topological polar surface area (TPSA) is 55.0 Å². The Kier molecular flexibility index (Phi) is 2.85. The summed E-state index contributed by atoms with van der Waals surface area (Å²) in [6, 6.07) is 7.16. The third-order valence-electron chi connectivity index (χ3n) is 3.85. The van der Waals surface area contributed by atoms with Gasteiger partial charge in [0.25, 0.3) is 5.56 Å². The molecule has 0 unspecified atom stereocenters. The Morgan fingerprint density at radius 1 is 1.35 bits per heavy atom. The summed E-state index contributed by atoms with van der Waals surface area (Å²) < 4.78 is 1.58. The highest BCUT2D eigenvalue weighted by atomic mass is 16.2. The molecule has 3 rings (SSSR count). The van der Waals surface area contributed by atoms with Gasteiger partial charge < -0.3 is 0 Å². The molecule has 0 N–H and O–H groups in total. The van der Waals surface area contributed by atoms with Crippen LogP contribution in [0.1, 0.15) is 26.6 Å². The molecule has 2 atom stereocenters. The molecule has 0 spiro atoms. The van der Waals surface area contributed by atoms with E-state index < -0.39 is 0 Å². The lowest BCUT2D eigenvalue weighted by molar-refractivity contribution is -0.116. The van der Waals surface area contributed by atoms with E-state index in [1.165, 1.54) is 0 Å². The summed E-state index contributed by atoms with van der Waals surface area (Å²) in [5, 5.41) is 2.41. The number of carbonyl (C=O) groups excluding carboxylic acids is 1. The minimum atomic E-state index is -0.207. The molecule has 1 aromatic heterocycles. The number of ketones is 1. The number of aromatic nitrogens is 2. The third-order valence-corrected chi connectivity index (χ3v) is 3.85. The predicted octanol–water partition coefficient (Wildman–Crippen LogP) is 1.26. The second-order valence-electron chi connectivity index (χ2n) is 5.19. The van der Waals surface area contributed by atoms with E-state index in [1.54, 1.807) is 17.7 Å². The largest absolute Gasteiger partial charge is 0.298 e. The van der Waals surface area contributed by atoms with E-state index >= 15 is 0 Å². The van der Waals surface area contributed by atoms with E-state index in [2.05, 4.69) is 4.98 Å². The lowest BCUT2D eigenvalue weighted by Gasteiger charge is -2.14. The molecule has 1 saturated heterocycles. The Balaban J connectivity index is 2.23. The number of carbonyl (C=O) groups is 1. The maximum Gasteiger partial charge on any atom is 0.280 e. The zero-order valence-corrected chi connectivity index (χ0v) is 11.8. The van der Waals surface area contributed by atoms with Crippen molar-refractivity contribution in [2.24, 2.45) is 0 Å². The summed E-state index contributed by atoms with van der Waals surface area (Å²) in [6.07, 6.45) is 0.647. The van der Waals surface area contributed by atoms with Gasteiger partial charge in [-0.15, -0.1) is 0 Å². The molecule has 1 aliphatic heterocycles. The SMILES string of the molecule is CCc1nc2ccccc2c(=O)n1N1[C@H](C(C)=O)[C@@H]1C. The van der Waals surface area contributed by atoms with Crippen molar-refractivity contribution in [2.75, 3.05) is 5.01 Å². The van der Waals surface area contributed by atoms with Gasteiger partial charge in [-0.3, -0.25) is 14.6 Å². The van der Waals surface area contributed by atoms with Crippen LogP contribution in [0.15, 0.2) is 29.1 Å². The highest BCUT2D eigenvalue weighted by Gasteiger charge is 2.49. The van der Waals surface area contributed by atoms with Crippen molar-refractivity contribution in [3.63, 3.8) is 0 Å². The van der Waals surface area contributed by atoms with Gasteiger partial charge in [0.15, 0.2) is 5.78 Å². The van der Waals surface area contributed by atoms with E-state index in [4.69, 9.17) is 0 Å². The van der Waals surface area contributed by atoms with Crippen LogP contribution in [0.25, 0.3) is 10.9 Å². The van der Waals surface area contributed by atoms with Gasteiger partial charge >= 0.3 is 0 Å². The van der Waals surface area contributed by atoms with Gasteiger partial charge in [-0.2, -0.15) is 0 Å². The van der Waals surface area contributed by atoms with E-state index in [9.17, 15) is 9.59 Å². The number of aryl methyl sites for hydroxylation is 1. The normalized spacial score (nSPS) is 21.2. The molecule has 1 aliphatic rings. The van der Waals surface area contributed by atoms with Crippen LogP contribution in [0.5, 0.6) is 0 Å². The third kappa shape index (κ3) is 1.73. The molecule has 104 valence electrons. The number of fused-ring (bicyclic) bond motifs is 1. The van der Waals surface area contributed by atoms with Crippen LogP contribution in [0.3, 0.4) is 0 Å². The van der Waals surface area contributed by atoms with Gasteiger partial charge in [-0.1, -0.05) is 19.1 Å². The second-order valence-corrected chi connectivity index (χ2v) is 5.19.